The summed E-state index contributed by atoms with van der Waals surface area (Å²) < 4.78 is 3.40. The molecule has 1 saturated heterocycles. The van der Waals surface area contributed by atoms with E-state index in [2.05, 4.69) is 33.7 Å². The summed E-state index contributed by atoms with van der Waals surface area (Å²) in [7, 11) is 1.65. The number of fused-ring (bicyclic) bond motifs is 1. The van der Waals surface area contributed by atoms with Crippen LogP contribution in [0.15, 0.2) is 27.0 Å². The number of aromatic amines is 1. The Morgan fingerprint density at radius 1 is 1.19 bits per heavy atom. The first-order valence-corrected chi connectivity index (χ1v) is 11.7. The van der Waals surface area contributed by atoms with Gasteiger partial charge in [0.2, 0.25) is 5.95 Å². The molecule has 0 aromatic carbocycles. The van der Waals surface area contributed by atoms with Crippen LogP contribution in [-0.4, -0.2) is 47.9 Å². The van der Waals surface area contributed by atoms with Gasteiger partial charge < -0.3 is 9.47 Å². The zero-order chi connectivity index (χ0) is 22.1. The Morgan fingerprint density at radius 2 is 1.94 bits per heavy atom. The molecule has 10 heteroatoms. The maximum absolute atomic E-state index is 12.7. The van der Waals surface area contributed by atoms with Crippen LogP contribution in [0.2, 0.25) is 0 Å². The first-order valence-electron chi connectivity index (χ1n) is 10.7. The van der Waals surface area contributed by atoms with Gasteiger partial charge in [-0.3, -0.25) is 14.3 Å². The van der Waals surface area contributed by atoms with Crippen LogP contribution in [0.25, 0.3) is 11.2 Å². The molecule has 2 atom stereocenters. The number of H-pyrrole nitrogens is 1. The van der Waals surface area contributed by atoms with Gasteiger partial charge in [0.05, 0.1) is 0 Å². The molecule has 1 fully saturated rings. The number of hydrogen-bond donors (Lipinski definition) is 1. The second kappa shape index (κ2) is 8.86. The third kappa shape index (κ3) is 4.53. The molecule has 1 aliphatic rings. The number of thioether (sulfide) groups is 1. The van der Waals surface area contributed by atoms with E-state index >= 15 is 0 Å². The molecule has 3 aromatic rings. The number of hydrogen-bond acceptors (Lipinski definition) is 7. The summed E-state index contributed by atoms with van der Waals surface area (Å²) in [5.41, 5.74) is 1.01. The molecular formula is C21H29N7O2S. The Labute approximate surface area is 184 Å². The topological polar surface area (TPSA) is 102 Å². The van der Waals surface area contributed by atoms with Gasteiger partial charge in [-0.05, 0) is 37.7 Å². The molecule has 0 aliphatic carbocycles. The maximum atomic E-state index is 12.7. The molecule has 3 aromatic heterocycles. The van der Waals surface area contributed by atoms with Gasteiger partial charge in [-0.2, -0.15) is 4.98 Å². The fourth-order valence-corrected chi connectivity index (χ4v) is 5.18. The van der Waals surface area contributed by atoms with E-state index in [1.807, 2.05) is 17.6 Å². The summed E-state index contributed by atoms with van der Waals surface area (Å²) in [5, 5.41) is 0.759. The van der Waals surface area contributed by atoms with Crippen molar-refractivity contribution in [1.29, 1.82) is 0 Å². The van der Waals surface area contributed by atoms with Crippen molar-refractivity contribution >= 4 is 28.9 Å². The molecule has 0 unspecified atom stereocenters. The average Bonchev–Trinajstić information content (AvgIpc) is 3.09. The molecule has 1 aliphatic heterocycles. The van der Waals surface area contributed by atoms with E-state index in [4.69, 9.17) is 4.98 Å². The zero-order valence-corrected chi connectivity index (χ0v) is 19.3. The Bertz CT molecular complexity index is 1190. The fraction of sp³-hybridized carbons (Fsp3) is 0.571. The van der Waals surface area contributed by atoms with E-state index in [9.17, 15) is 9.59 Å². The smallest absolute Gasteiger partial charge is 0.329 e. The van der Waals surface area contributed by atoms with E-state index in [0.29, 0.717) is 29.5 Å². The standard InChI is InChI=1S/C21H29N7O2S/c1-13-10-14(2)12-27(11-13)20-24-17-16(18(29)25-21(30)26(17)4)28(20)8-5-9-31-19-22-7-6-15(3)23-19/h6-7,13-14H,5,8-12H2,1-4H3,(H,25,29,30)/t13-,14-/m0/s1. The van der Waals surface area contributed by atoms with Crippen LogP contribution in [0, 0.1) is 18.8 Å². The van der Waals surface area contributed by atoms with Crippen LogP contribution in [0.5, 0.6) is 0 Å². The highest BCUT2D eigenvalue weighted by atomic mass is 32.2. The van der Waals surface area contributed by atoms with Gasteiger partial charge in [-0.15, -0.1) is 0 Å². The second-order valence-electron chi connectivity index (χ2n) is 8.59. The number of nitrogens with zero attached hydrogens (tertiary/aromatic N) is 6. The van der Waals surface area contributed by atoms with Gasteiger partial charge in [0.25, 0.3) is 5.56 Å². The van der Waals surface area contributed by atoms with Gasteiger partial charge >= 0.3 is 5.69 Å². The number of piperidine rings is 1. The third-order valence-corrected chi connectivity index (χ3v) is 6.62. The molecule has 166 valence electrons. The van der Waals surface area contributed by atoms with E-state index in [1.165, 1.54) is 11.0 Å². The minimum atomic E-state index is -0.443. The first kappa shape index (κ1) is 21.6. The molecule has 31 heavy (non-hydrogen) atoms. The van der Waals surface area contributed by atoms with Crippen LogP contribution in [-0.2, 0) is 13.6 Å². The normalized spacial score (nSPS) is 19.3. The van der Waals surface area contributed by atoms with Gasteiger partial charge in [0.15, 0.2) is 16.3 Å². The van der Waals surface area contributed by atoms with Crippen molar-refractivity contribution in [2.45, 2.75) is 45.3 Å². The van der Waals surface area contributed by atoms with Crippen molar-refractivity contribution < 1.29 is 0 Å². The highest BCUT2D eigenvalue weighted by molar-refractivity contribution is 7.99. The zero-order valence-electron chi connectivity index (χ0n) is 18.5. The number of nitrogens with one attached hydrogen (secondary N) is 1. The Kier molecular flexibility index (Phi) is 6.17. The van der Waals surface area contributed by atoms with Gasteiger partial charge in [0, 0.05) is 44.3 Å². The number of aromatic nitrogens is 6. The fourth-order valence-electron chi connectivity index (χ4n) is 4.38. The van der Waals surface area contributed by atoms with Crippen molar-refractivity contribution in [3.63, 3.8) is 0 Å². The van der Waals surface area contributed by atoms with Crippen LogP contribution >= 0.6 is 11.8 Å². The predicted octanol–water partition coefficient (Wildman–Crippen LogP) is 2.19. The predicted molar refractivity (Wildman–Crippen MR) is 123 cm³/mol. The molecule has 0 bridgehead atoms. The quantitative estimate of drug-likeness (QED) is 0.354. The lowest BCUT2D eigenvalue weighted by atomic mass is 9.92. The number of anilines is 1. The molecule has 4 heterocycles. The maximum Gasteiger partial charge on any atom is 0.329 e. The van der Waals surface area contributed by atoms with Crippen LogP contribution in [0.3, 0.4) is 0 Å². The van der Waals surface area contributed by atoms with Gasteiger partial charge in [-0.1, -0.05) is 25.6 Å². The Hall–Kier alpha value is -2.62. The highest BCUT2D eigenvalue weighted by Gasteiger charge is 2.27. The van der Waals surface area contributed by atoms with Gasteiger partial charge in [0.1, 0.15) is 0 Å². The van der Waals surface area contributed by atoms with E-state index < -0.39 is 5.69 Å². The summed E-state index contributed by atoms with van der Waals surface area (Å²) in [5.74, 6) is 2.69. The van der Waals surface area contributed by atoms with Crippen molar-refractivity contribution in [3.8, 4) is 0 Å². The molecule has 1 N–H and O–H groups in total. The average molecular weight is 444 g/mol. The Balaban J connectivity index is 1.64. The summed E-state index contributed by atoms with van der Waals surface area (Å²) in [6.07, 6.45) is 3.77. The van der Waals surface area contributed by atoms with Crippen molar-refractivity contribution in [2.24, 2.45) is 18.9 Å². The van der Waals surface area contributed by atoms with E-state index in [-0.39, 0.29) is 5.56 Å². The molecular weight excluding hydrogens is 414 g/mol. The number of imidazole rings is 1. The summed E-state index contributed by atoms with van der Waals surface area (Å²) in [4.78, 5) is 43.0. The highest BCUT2D eigenvalue weighted by Crippen LogP contribution is 2.28. The van der Waals surface area contributed by atoms with E-state index in [0.717, 1.165) is 42.1 Å². The molecule has 4 rings (SSSR count). The SMILES string of the molecule is Cc1ccnc(SCCCn2c(N3C[C@@H](C)C[C@H](C)C3)nc3c2c(=O)[nH]c(=O)n3C)n1. The first-order chi connectivity index (χ1) is 14.8. The lowest BCUT2D eigenvalue weighted by molar-refractivity contribution is 0.351. The molecule has 0 saturated carbocycles. The van der Waals surface area contributed by atoms with Crippen LogP contribution in [0.4, 0.5) is 5.95 Å². The number of aryl methyl sites for hydroxylation is 3. The summed E-state index contributed by atoms with van der Waals surface area (Å²) in [6, 6.07) is 1.88. The Morgan fingerprint density at radius 3 is 2.65 bits per heavy atom. The minimum Gasteiger partial charge on any atom is -0.342 e. The number of rotatable bonds is 6. The summed E-state index contributed by atoms with van der Waals surface area (Å²) >= 11 is 1.60. The molecule has 0 spiro atoms. The van der Waals surface area contributed by atoms with Crippen molar-refractivity contribution in [1.82, 2.24) is 29.1 Å². The van der Waals surface area contributed by atoms with Gasteiger partial charge in [-0.25, -0.2) is 14.8 Å². The summed E-state index contributed by atoms with van der Waals surface area (Å²) in [6.45, 7) is 8.86. The largest absolute Gasteiger partial charge is 0.342 e. The van der Waals surface area contributed by atoms with Crippen molar-refractivity contribution in [3.05, 3.63) is 38.8 Å². The van der Waals surface area contributed by atoms with Crippen LogP contribution in [0.1, 0.15) is 32.4 Å². The minimum absolute atomic E-state index is 0.385. The van der Waals surface area contributed by atoms with E-state index in [1.54, 1.807) is 25.0 Å². The van der Waals surface area contributed by atoms with Crippen molar-refractivity contribution in [2.75, 3.05) is 23.7 Å². The molecule has 9 nitrogen and oxygen atoms in total. The third-order valence-electron chi connectivity index (χ3n) is 5.67. The van der Waals surface area contributed by atoms with Crippen LogP contribution < -0.4 is 16.1 Å². The molecule has 0 amide bonds. The monoisotopic (exact) mass is 443 g/mol. The lowest BCUT2D eigenvalue weighted by Gasteiger charge is -2.35. The lowest BCUT2D eigenvalue weighted by Crippen LogP contribution is -2.40. The second-order valence-corrected chi connectivity index (χ2v) is 9.65. The molecule has 0 radical (unpaired) electrons.